The van der Waals surface area contributed by atoms with Crippen LogP contribution >= 0.6 is 11.3 Å². The Balaban J connectivity index is 1.32. The minimum absolute atomic E-state index is 0.0339. The fourth-order valence-corrected chi connectivity index (χ4v) is 7.00. The summed E-state index contributed by atoms with van der Waals surface area (Å²) >= 11 is 1.20. The van der Waals surface area contributed by atoms with E-state index in [-0.39, 0.29) is 40.4 Å². The van der Waals surface area contributed by atoms with E-state index in [4.69, 9.17) is 5.26 Å². The van der Waals surface area contributed by atoms with Crippen LogP contribution in [0.1, 0.15) is 40.1 Å². The van der Waals surface area contributed by atoms with Gasteiger partial charge in [-0.05, 0) is 49.2 Å². The molecular formula is C24H20FN5O4S2. The number of amides is 2. The van der Waals surface area contributed by atoms with E-state index in [2.05, 4.69) is 15.6 Å². The van der Waals surface area contributed by atoms with Gasteiger partial charge in [-0.2, -0.15) is 9.57 Å². The van der Waals surface area contributed by atoms with Crippen LogP contribution < -0.4 is 10.6 Å². The standard InChI is InChI=1S/C24H20FN5O4S2/c25-18-9-14(11-26)4-6-17(18)24-28-13-16(35-24)12-27-22(31)15-5-7-21-19(10-15)29-23(32)20-3-1-2-8-30(20)36(21,33)34/h4-7,9-10,13,20H,1-3,8,12H2,(H,27,31)(H,29,32)/t20-/m0/s1. The van der Waals surface area contributed by atoms with Gasteiger partial charge in [0.2, 0.25) is 15.9 Å². The Hall–Kier alpha value is -3.66. The van der Waals surface area contributed by atoms with Gasteiger partial charge in [-0.15, -0.1) is 11.3 Å². The van der Waals surface area contributed by atoms with E-state index in [9.17, 15) is 22.4 Å². The lowest BCUT2D eigenvalue weighted by Crippen LogP contribution is -2.47. The van der Waals surface area contributed by atoms with Crippen molar-refractivity contribution >= 4 is 38.9 Å². The van der Waals surface area contributed by atoms with Gasteiger partial charge in [-0.3, -0.25) is 9.59 Å². The van der Waals surface area contributed by atoms with Gasteiger partial charge in [0.25, 0.3) is 5.91 Å². The SMILES string of the molecule is N#Cc1ccc(-c2ncc(CNC(=O)c3ccc4c(c3)NC(=O)[C@@H]3CCCCN3S4(=O)=O)s2)c(F)c1. The number of piperidine rings is 1. The zero-order chi connectivity index (χ0) is 25.4. The molecule has 5 rings (SSSR count). The molecule has 1 atom stereocenters. The number of benzene rings is 2. The van der Waals surface area contributed by atoms with Crippen molar-refractivity contribution < 1.29 is 22.4 Å². The lowest BCUT2D eigenvalue weighted by Gasteiger charge is -2.31. The predicted molar refractivity (Wildman–Crippen MR) is 130 cm³/mol. The molecule has 2 aliphatic heterocycles. The normalized spacial score (nSPS) is 18.8. The molecule has 0 radical (unpaired) electrons. The number of nitrogens with one attached hydrogen (secondary N) is 2. The summed E-state index contributed by atoms with van der Waals surface area (Å²) in [6.45, 7) is 0.400. The molecule has 2 aromatic carbocycles. The Morgan fingerprint density at radius 2 is 2.11 bits per heavy atom. The number of hydrogen-bond acceptors (Lipinski definition) is 7. The molecule has 2 aliphatic rings. The lowest BCUT2D eigenvalue weighted by atomic mass is 10.0. The Bertz CT molecular complexity index is 1530. The van der Waals surface area contributed by atoms with Crippen molar-refractivity contribution in [1.82, 2.24) is 14.6 Å². The van der Waals surface area contributed by atoms with Gasteiger partial charge >= 0.3 is 0 Å². The van der Waals surface area contributed by atoms with Gasteiger partial charge in [0.1, 0.15) is 21.8 Å². The third kappa shape index (κ3) is 4.37. The molecule has 1 fully saturated rings. The lowest BCUT2D eigenvalue weighted by molar-refractivity contribution is -0.120. The highest BCUT2D eigenvalue weighted by Crippen LogP contribution is 2.34. The van der Waals surface area contributed by atoms with Crippen molar-refractivity contribution in [3.63, 3.8) is 0 Å². The van der Waals surface area contributed by atoms with Gasteiger partial charge in [-0.1, -0.05) is 6.42 Å². The number of nitriles is 1. The van der Waals surface area contributed by atoms with E-state index in [0.717, 1.165) is 12.5 Å². The largest absolute Gasteiger partial charge is 0.347 e. The minimum Gasteiger partial charge on any atom is -0.347 e. The first-order valence-corrected chi connectivity index (χ1v) is 13.4. The third-order valence-electron chi connectivity index (χ3n) is 6.15. The molecule has 3 heterocycles. The summed E-state index contributed by atoms with van der Waals surface area (Å²) in [5.74, 6) is -1.43. The molecule has 184 valence electrons. The number of carbonyl (C=O) groups excluding carboxylic acids is 2. The second kappa shape index (κ2) is 9.42. The number of sulfonamides is 1. The molecule has 1 saturated heterocycles. The number of halogens is 1. The van der Waals surface area contributed by atoms with Gasteiger partial charge in [0.15, 0.2) is 0 Å². The van der Waals surface area contributed by atoms with Crippen LogP contribution in [-0.4, -0.2) is 42.1 Å². The predicted octanol–water partition coefficient (Wildman–Crippen LogP) is 3.25. The van der Waals surface area contributed by atoms with E-state index >= 15 is 0 Å². The highest BCUT2D eigenvalue weighted by atomic mass is 32.2. The number of thiazole rings is 1. The first-order valence-electron chi connectivity index (χ1n) is 11.2. The summed E-state index contributed by atoms with van der Waals surface area (Å²) in [6, 6.07) is 9.37. The number of aromatic nitrogens is 1. The fourth-order valence-electron chi connectivity index (χ4n) is 4.33. The van der Waals surface area contributed by atoms with E-state index in [1.54, 1.807) is 0 Å². The topological polar surface area (TPSA) is 132 Å². The number of hydrogen-bond donors (Lipinski definition) is 2. The van der Waals surface area contributed by atoms with Crippen molar-refractivity contribution in [2.24, 2.45) is 0 Å². The summed E-state index contributed by atoms with van der Waals surface area (Å²) in [7, 11) is -3.88. The quantitative estimate of drug-likeness (QED) is 0.537. The van der Waals surface area contributed by atoms with E-state index < -0.39 is 33.7 Å². The van der Waals surface area contributed by atoms with Crippen molar-refractivity contribution in [3.8, 4) is 16.6 Å². The molecule has 0 bridgehead atoms. The monoisotopic (exact) mass is 525 g/mol. The average Bonchev–Trinajstić information content (AvgIpc) is 3.32. The van der Waals surface area contributed by atoms with Crippen LogP contribution in [0.2, 0.25) is 0 Å². The van der Waals surface area contributed by atoms with Crippen LogP contribution in [0.15, 0.2) is 47.5 Å². The van der Waals surface area contributed by atoms with Gasteiger partial charge in [-0.25, -0.2) is 17.8 Å². The number of carbonyl (C=O) groups is 2. The molecule has 2 amide bonds. The average molecular weight is 526 g/mol. The highest BCUT2D eigenvalue weighted by molar-refractivity contribution is 7.89. The summed E-state index contributed by atoms with van der Waals surface area (Å²) in [4.78, 5) is 30.3. The first kappa shape index (κ1) is 24.1. The third-order valence-corrected chi connectivity index (χ3v) is 9.14. The van der Waals surface area contributed by atoms with Crippen molar-refractivity contribution in [2.75, 3.05) is 11.9 Å². The Kier molecular flexibility index (Phi) is 6.29. The molecular weight excluding hydrogens is 505 g/mol. The summed E-state index contributed by atoms with van der Waals surface area (Å²) in [5, 5.41) is 14.7. The zero-order valence-electron chi connectivity index (χ0n) is 18.8. The summed E-state index contributed by atoms with van der Waals surface area (Å²) < 4.78 is 41.8. The second-order valence-electron chi connectivity index (χ2n) is 8.45. The molecule has 9 nitrogen and oxygen atoms in total. The molecule has 0 spiro atoms. The molecule has 3 aromatic rings. The van der Waals surface area contributed by atoms with Crippen molar-refractivity contribution in [2.45, 2.75) is 36.7 Å². The van der Waals surface area contributed by atoms with E-state index in [1.807, 2.05) is 6.07 Å². The number of anilines is 1. The van der Waals surface area contributed by atoms with Crippen LogP contribution in [0, 0.1) is 17.1 Å². The van der Waals surface area contributed by atoms with Crippen LogP contribution in [-0.2, 0) is 21.4 Å². The van der Waals surface area contributed by atoms with Gasteiger partial charge in [0, 0.05) is 28.7 Å². The molecule has 0 unspecified atom stereocenters. The van der Waals surface area contributed by atoms with Crippen molar-refractivity contribution in [1.29, 1.82) is 5.26 Å². The smallest absolute Gasteiger partial charge is 0.251 e. The van der Waals surface area contributed by atoms with Crippen molar-refractivity contribution in [3.05, 3.63) is 64.4 Å². The maximum Gasteiger partial charge on any atom is 0.251 e. The van der Waals surface area contributed by atoms with Crippen LogP contribution in [0.4, 0.5) is 10.1 Å². The fraction of sp³-hybridized carbons (Fsp3) is 0.250. The molecule has 12 heteroatoms. The maximum absolute atomic E-state index is 14.3. The molecule has 2 N–H and O–H groups in total. The zero-order valence-corrected chi connectivity index (χ0v) is 20.5. The molecule has 36 heavy (non-hydrogen) atoms. The Morgan fingerprint density at radius 3 is 2.89 bits per heavy atom. The van der Waals surface area contributed by atoms with E-state index in [1.165, 1.54) is 52.2 Å². The maximum atomic E-state index is 14.3. The summed E-state index contributed by atoms with van der Waals surface area (Å²) in [6.07, 6.45) is 3.44. The number of nitrogens with zero attached hydrogens (tertiary/aromatic N) is 3. The minimum atomic E-state index is -3.88. The Morgan fingerprint density at radius 1 is 1.28 bits per heavy atom. The number of fused-ring (bicyclic) bond motifs is 2. The van der Waals surface area contributed by atoms with Crippen LogP contribution in [0.5, 0.6) is 0 Å². The highest BCUT2D eigenvalue weighted by Gasteiger charge is 2.41. The molecule has 0 saturated carbocycles. The first-order chi connectivity index (χ1) is 17.3. The number of rotatable bonds is 4. The van der Waals surface area contributed by atoms with Gasteiger partial charge in [0.05, 0.1) is 23.9 Å². The van der Waals surface area contributed by atoms with Crippen LogP contribution in [0.25, 0.3) is 10.6 Å². The summed E-state index contributed by atoms with van der Waals surface area (Å²) in [5.41, 5.74) is 0.738. The Labute approximate surface area is 210 Å². The van der Waals surface area contributed by atoms with E-state index in [0.29, 0.717) is 22.7 Å². The van der Waals surface area contributed by atoms with Crippen LogP contribution in [0.3, 0.4) is 0 Å². The molecule has 1 aromatic heterocycles. The molecule has 0 aliphatic carbocycles. The van der Waals surface area contributed by atoms with Gasteiger partial charge < -0.3 is 10.6 Å². The second-order valence-corrected chi connectivity index (χ2v) is 11.4.